The third-order valence-electron chi connectivity index (χ3n) is 3.54. The lowest BCUT2D eigenvalue weighted by atomic mass is 9.98. The van der Waals surface area contributed by atoms with Crippen LogP contribution in [0.25, 0.3) is 0 Å². The van der Waals surface area contributed by atoms with E-state index in [0.717, 1.165) is 5.56 Å². The van der Waals surface area contributed by atoms with E-state index in [4.69, 9.17) is 9.84 Å². The Labute approximate surface area is 109 Å². The van der Waals surface area contributed by atoms with Crippen molar-refractivity contribution in [1.82, 2.24) is 5.32 Å². The lowest BCUT2D eigenvalue weighted by molar-refractivity contribution is -0.141. The standard InChI is InChI=1S/C13H14N2O4/c16-11-6-19-10-3-1-2-8(12(10)15-11)9-4-7(5-14-9)13(17)18/h1-3,7,9,14H,4-6H2,(H,15,16)(H,17,18). The summed E-state index contributed by atoms with van der Waals surface area (Å²) >= 11 is 0. The minimum atomic E-state index is -0.792. The predicted octanol–water partition coefficient (Wildman–Crippen LogP) is 0.753. The van der Waals surface area contributed by atoms with Gasteiger partial charge in [-0.1, -0.05) is 12.1 Å². The van der Waals surface area contributed by atoms with Crippen molar-refractivity contribution in [2.45, 2.75) is 12.5 Å². The quantitative estimate of drug-likeness (QED) is 0.732. The van der Waals surface area contributed by atoms with Crippen molar-refractivity contribution < 1.29 is 19.4 Å². The van der Waals surface area contributed by atoms with Crippen molar-refractivity contribution >= 4 is 17.6 Å². The first kappa shape index (κ1) is 12.0. The normalized spacial score (nSPS) is 25.4. The van der Waals surface area contributed by atoms with Crippen LogP contribution in [-0.4, -0.2) is 30.1 Å². The fourth-order valence-corrected chi connectivity index (χ4v) is 2.57. The molecule has 6 nitrogen and oxygen atoms in total. The van der Waals surface area contributed by atoms with Crippen molar-refractivity contribution in [3.8, 4) is 5.75 Å². The Kier molecular flexibility index (Phi) is 2.87. The van der Waals surface area contributed by atoms with Gasteiger partial charge in [-0.2, -0.15) is 0 Å². The van der Waals surface area contributed by atoms with Gasteiger partial charge < -0.3 is 20.5 Å². The van der Waals surface area contributed by atoms with Crippen LogP contribution < -0.4 is 15.4 Å². The van der Waals surface area contributed by atoms with Crippen LogP contribution in [0.15, 0.2) is 18.2 Å². The molecule has 3 rings (SSSR count). The Hall–Kier alpha value is -2.08. The van der Waals surface area contributed by atoms with Crippen LogP contribution >= 0.6 is 0 Å². The van der Waals surface area contributed by atoms with Crippen LogP contribution in [0.5, 0.6) is 5.75 Å². The second kappa shape index (κ2) is 4.55. The number of rotatable bonds is 2. The minimum absolute atomic E-state index is 0.0201. The summed E-state index contributed by atoms with van der Waals surface area (Å²) in [7, 11) is 0. The molecular weight excluding hydrogens is 248 g/mol. The third-order valence-corrected chi connectivity index (χ3v) is 3.54. The summed E-state index contributed by atoms with van der Waals surface area (Å²) in [6, 6.07) is 5.46. The molecule has 19 heavy (non-hydrogen) atoms. The average molecular weight is 262 g/mol. The number of hydrogen-bond acceptors (Lipinski definition) is 4. The maximum atomic E-state index is 11.4. The number of benzene rings is 1. The van der Waals surface area contributed by atoms with Crippen LogP contribution in [0.1, 0.15) is 18.0 Å². The van der Waals surface area contributed by atoms with E-state index in [-0.39, 0.29) is 24.5 Å². The van der Waals surface area contributed by atoms with Gasteiger partial charge in [0.1, 0.15) is 5.75 Å². The summed E-state index contributed by atoms with van der Waals surface area (Å²) < 4.78 is 5.35. The van der Waals surface area contributed by atoms with Gasteiger partial charge in [-0.05, 0) is 18.1 Å². The number of ether oxygens (including phenoxy) is 1. The zero-order valence-electron chi connectivity index (χ0n) is 10.2. The molecule has 3 N–H and O–H groups in total. The van der Waals surface area contributed by atoms with Gasteiger partial charge in [0.2, 0.25) is 0 Å². The highest BCUT2D eigenvalue weighted by molar-refractivity contribution is 5.96. The van der Waals surface area contributed by atoms with Gasteiger partial charge in [0.05, 0.1) is 11.6 Å². The van der Waals surface area contributed by atoms with Crippen LogP contribution in [-0.2, 0) is 9.59 Å². The number of anilines is 1. The molecule has 0 aromatic heterocycles. The molecular formula is C13H14N2O4. The predicted molar refractivity (Wildman–Crippen MR) is 67.1 cm³/mol. The smallest absolute Gasteiger partial charge is 0.307 e. The molecule has 2 unspecified atom stereocenters. The first-order valence-electron chi connectivity index (χ1n) is 6.17. The number of hydrogen-bond donors (Lipinski definition) is 3. The largest absolute Gasteiger partial charge is 0.482 e. The van der Waals surface area contributed by atoms with E-state index in [1.807, 2.05) is 12.1 Å². The molecule has 0 aliphatic carbocycles. The lowest BCUT2D eigenvalue weighted by Crippen LogP contribution is -2.27. The van der Waals surface area contributed by atoms with E-state index in [0.29, 0.717) is 24.4 Å². The lowest BCUT2D eigenvalue weighted by Gasteiger charge is -2.23. The van der Waals surface area contributed by atoms with E-state index in [1.54, 1.807) is 6.07 Å². The molecule has 6 heteroatoms. The van der Waals surface area contributed by atoms with Crippen LogP contribution in [0.2, 0.25) is 0 Å². The van der Waals surface area contributed by atoms with E-state index < -0.39 is 5.97 Å². The molecule has 1 aromatic rings. The Morgan fingerprint density at radius 2 is 2.26 bits per heavy atom. The van der Waals surface area contributed by atoms with Crippen molar-refractivity contribution in [2.24, 2.45) is 5.92 Å². The Morgan fingerprint density at radius 1 is 1.42 bits per heavy atom. The van der Waals surface area contributed by atoms with Gasteiger partial charge in [0.25, 0.3) is 5.91 Å². The Balaban J connectivity index is 1.90. The fraction of sp³-hybridized carbons (Fsp3) is 0.385. The molecule has 0 saturated carbocycles. The van der Waals surface area contributed by atoms with E-state index in [9.17, 15) is 9.59 Å². The molecule has 0 spiro atoms. The molecule has 2 aliphatic rings. The van der Waals surface area contributed by atoms with Gasteiger partial charge in [0, 0.05) is 12.6 Å². The number of aliphatic carboxylic acids is 1. The fourth-order valence-electron chi connectivity index (χ4n) is 2.57. The highest BCUT2D eigenvalue weighted by Gasteiger charge is 2.32. The number of fused-ring (bicyclic) bond motifs is 1. The van der Waals surface area contributed by atoms with Crippen molar-refractivity contribution in [3.63, 3.8) is 0 Å². The molecule has 1 saturated heterocycles. The summed E-state index contributed by atoms with van der Waals surface area (Å²) in [4.78, 5) is 22.4. The average Bonchev–Trinajstić information content (AvgIpc) is 2.87. The molecule has 2 aliphatic heterocycles. The molecule has 1 fully saturated rings. The first-order chi connectivity index (χ1) is 9.15. The highest BCUT2D eigenvalue weighted by atomic mass is 16.5. The number of nitrogens with one attached hydrogen (secondary N) is 2. The minimum Gasteiger partial charge on any atom is -0.482 e. The van der Waals surface area contributed by atoms with Gasteiger partial charge in [-0.25, -0.2) is 0 Å². The summed E-state index contributed by atoms with van der Waals surface area (Å²) in [5.74, 6) is -0.730. The van der Waals surface area contributed by atoms with Gasteiger partial charge >= 0.3 is 5.97 Å². The van der Waals surface area contributed by atoms with Crippen LogP contribution in [0.3, 0.4) is 0 Å². The van der Waals surface area contributed by atoms with Crippen molar-refractivity contribution in [1.29, 1.82) is 0 Å². The molecule has 2 atom stereocenters. The molecule has 100 valence electrons. The zero-order valence-corrected chi connectivity index (χ0v) is 10.2. The Bertz CT molecular complexity index is 543. The summed E-state index contributed by atoms with van der Waals surface area (Å²) in [6.07, 6.45) is 0.516. The Morgan fingerprint density at radius 3 is 3.00 bits per heavy atom. The van der Waals surface area contributed by atoms with E-state index >= 15 is 0 Å². The first-order valence-corrected chi connectivity index (χ1v) is 6.17. The second-order valence-electron chi connectivity index (χ2n) is 4.79. The summed E-state index contributed by atoms with van der Waals surface area (Å²) in [5, 5.41) is 15.0. The molecule has 0 bridgehead atoms. The number of carbonyl (C=O) groups is 2. The van der Waals surface area contributed by atoms with Gasteiger partial charge in [0.15, 0.2) is 6.61 Å². The second-order valence-corrected chi connectivity index (χ2v) is 4.79. The van der Waals surface area contributed by atoms with E-state index in [2.05, 4.69) is 10.6 Å². The number of para-hydroxylation sites is 1. The van der Waals surface area contributed by atoms with Crippen molar-refractivity contribution in [3.05, 3.63) is 23.8 Å². The molecule has 1 aromatic carbocycles. The number of carboxylic acid groups (broad SMARTS) is 1. The number of carboxylic acids is 1. The van der Waals surface area contributed by atoms with E-state index in [1.165, 1.54) is 0 Å². The maximum Gasteiger partial charge on any atom is 0.307 e. The summed E-state index contributed by atoms with van der Waals surface area (Å²) in [5.41, 5.74) is 1.54. The topological polar surface area (TPSA) is 87.7 Å². The monoisotopic (exact) mass is 262 g/mol. The highest BCUT2D eigenvalue weighted by Crippen LogP contribution is 2.38. The number of carbonyl (C=O) groups excluding carboxylic acids is 1. The van der Waals surface area contributed by atoms with Crippen molar-refractivity contribution in [2.75, 3.05) is 18.5 Å². The van der Waals surface area contributed by atoms with Gasteiger partial charge in [-0.15, -0.1) is 0 Å². The SMILES string of the molecule is O=C1COc2cccc(C3CC(C(=O)O)CN3)c2N1. The molecule has 0 radical (unpaired) electrons. The number of amides is 1. The maximum absolute atomic E-state index is 11.4. The van der Waals surface area contributed by atoms with Gasteiger partial charge in [-0.3, -0.25) is 9.59 Å². The van der Waals surface area contributed by atoms with Crippen LogP contribution in [0, 0.1) is 5.92 Å². The van der Waals surface area contributed by atoms with Crippen LogP contribution in [0.4, 0.5) is 5.69 Å². The molecule has 2 heterocycles. The zero-order chi connectivity index (χ0) is 13.4. The summed E-state index contributed by atoms with van der Waals surface area (Å²) in [6.45, 7) is 0.463. The molecule has 1 amide bonds. The third kappa shape index (κ3) is 2.15.